The minimum Gasteiger partial charge on any atom is -0.399 e. The van der Waals surface area contributed by atoms with Crippen LogP contribution in [-0.4, -0.2) is 44.7 Å². The third-order valence-electron chi connectivity index (χ3n) is 5.74. The molecule has 0 radical (unpaired) electrons. The zero-order valence-corrected chi connectivity index (χ0v) is 16.5. The molecule has 0 N–H and O–H groups in total. The molecule has 27 heavy (non-hydrogen) atoms. The summed E-state index contributed by atoms with van der Waals surface area (Å²) in [4.78, 5) is 9.08. The molecule has 4 heterocycles. The van der Waals surface area contributed by atoms with Gasteiger partial charge in [0.25, 0.3) is 0 Å². The molecule has 0 aromatic carbocycles. The molecule has 0 amide bonds. The van der Waals surface area contributed by atoms with Gasteiger partial charge in [-0.25, -0.2) is 0 Å². The molecular formula is C19H27BN4O3. The molecule has 0 bridgehead atoms. The smallest absolute Gasteiger partial charge is 0.399 e. The zero-order valence-electron chi connectivity index (χ0n) is 16.5. The van der Waals surface area contributed by atoms with Crippen LogP contribution in [0.15, 0.2) is 24.8 Å². The molecule has 144 valence electrons. The van der Waals surface area contributed by atoms with Gasteiger partial charge in [0.15, 0.2) is 0 Å². The molecule has 0 saturated carbocycles. The van der Waals surface area contributed by atoms with Crippen LogP contribution in [0.4, 0.5) is 0 Å². The van der Waals surface area contributed by atoms with E-state index in [1.165, 1.54) is 6.42 Å². The number of rotatable bonds is 4. The van der Waals surface area contributed by atoms with Gasteiger partial charge in [-0.05, 0) is 47.0 Å². The van der Waals surface area contributed by atoms with Crippen molar-refractivity contribution < 1.29 is 14.0 Å². The van der Waals surface area contributed by atoms with Crippen LogP contribution in [0.3, 0.4) is 0 Å². The van der Waals surface area contributed by atoms with Crippen molar-refractivity contribution in [2.24, 2.45) is 0 Å². The Bertz CT molecular complexity index is 769. The lowest BCUT2D eigenvalue weighted by atomic mass is 9.82. The number of hydrogen-bond acceptors (Lipinski definition) is 6. The predicted molar refractivity (Wildman–Crippen MR) is 102 cm³/mol. The van der Waals surface area contributed by atoms with Crippen molar-refractivity contribution in [3.63, 3.8) is 0 Å². The molecule has 1 unspecified atom stereocenters. The fourth-order valence-corrected chi connectivity index (χ4v) is 3.32. The first-order chi connectivity index (χ1) is 12.8. The van der Waals surface area contributed by atoms with Crippen LogP contribution >= 0.6 is 0 Å². The Hall–Kier alpha value is -1.77. The minimum absolute atomic E-state index is 0.0833. The van der Waals surface area contributed by atoms with Gasteiger partial charge in [-0.1, -0.05) is 0 Å². The lowest BCUT2D eigenvalue weighted by molar-refractivity contribution is 0.00578. The average Bonchev–Trinajstić information content (AvgIpc) is 3.18. The highest BCUT2D eigenvalue weighted by Crippen LogP contribution is 2.36. The van der Waals surface area contributed by atoms with Crippen molar-refractivity contribution >= 4 is 12.6 Å². The second-order valence-corrected chi connectivity index (χ2v) is 8.35. The summed E-state index contributed by atoms with van der Waals surface area (Å²) in [5.41, 5.74) is 1.97. The molecule has 2 fully saturated rings. The van der Waals surface area contributed by atoms with Gasteiger partial charge < -0.3 is 14.0 Å². The highest BCUT2D eigenvalue weighted by atomic mass is 16.7. The Morgan fingerprint density at radius 1 is 1.07 bits per heavy atom. The van der Waals surface area contributed by atoms with E-state index < -0.39 is 7.12 Å². The maximum absolute atomic E-state index is 6.08. The monoisotopic (exact) mass is 370 g/mol. The van der Waals surface area contributed by atoms with E-state index in [1.54, 1.807) is 6.20 Å². The maximum atomic E-state index is 6.08. The van der Waals surface area contributed by atoms with Gasteiger partial charge in [0.05, 0.1) is 41.5 Å². The van der Waals surface area contributed by atoms with Crippen LogP contribution in [0.5, 0.6) is 0 Å². The van der Waals surface area contributed by atoms with Crippen molar-refractivity contribution in [3.05, 3.63) is 36.2 Å². The Kier molecular flexibility index (Phi) is 4.82. The SMILES string of the molecule is CC1(C)OB(c2cnn(Cc3cnc(C4CCCCO4)cn3)c2)OC1(C)C. The number of nitrogens with zero attached hydrogens (tertiary/aromatic N) is 4. The first-order valence-electron chi connectivity index (χ1n) is 9.64. The summed E-state index contributed by atoms with van der Waals surface area (Å²) in [5, 5.41) is 4.43. The van der Waals surface area contributed by atoms with Gasteiger partial charge in [-0.3, -0.25) is 14.6 Å². The van der Waals surface area contributed by atoms with E-state index in [4.69, 9.17) is 14.0 Å². The van der Waals surface area contributed by atoms with E-state index in [1.807, 2.05) is 51.0 Å². The van der Waals surface area contributed by atoms with Crippen LogP contribution in [0.25, 0.3) is 0 Å². The standard InChI is InChI=1S/C19H27BN4O3/c1-18(2)19(3,4)27-20(26-18)14-9-23-24(12-14)13-15-10-22-16(11-21-15)17-7-5-6-8-25-17/h9-12,17H,5-8,13H2,1-4H3. The van der Waals surface area contributed by atoms with E-state index in [2.05, 4.69) is 15.1 Å². The van der Waals surface area contributed by atoms with Gasteiger partial charge in [-0.15, -0.1) is 0 Å². The first kappa shape index (κ1) is 18.6. The maximum Gasteiger partial charge on any atom is 0.498 e. The molecule has 2 aromatic heterocycles. The lowest BCUT2D eigenvalue weighted by Crippen LogP contribution is -2.41. The van der Waals surface area contributed by atoms with Crippen molar-refractivity contribution in [3.8, 4) is 0 Å². The van der Waals surface area contributed by atoms with E-state index in [-0.39, 0.29) is 17.3 Å². The Balaban J connectivity index is 1.41. The van der Waals surface area contributed by atoms with E-state index in [0.29, 0.717) is 6.54 Å². The molecule has 2 saturated heterocycles. The summed E-state index contributed by atoms with van der Waals surface area (Å²) in [6, 6.07) is 0. The Morgan fingerprint density at radius 3 is 2.48 bits per heavy atom. The van der Waals surface area contributed by atoms with Crippen LogP contribution < -0.4 is 5.46 Å². The number of hydrogen-bond donors (Lipinski definition) is 0. The molecule has 2 aliphatic rings. The molecule has 1 atom stereocenters. The largest absolute Gasteiger partial charge is 0.498 e. The number of ether oxygens (including phenoxy) is 1. The van der Waals surface area contributed by atoms with Crippen molar-refractivity contribution in [1.82, 2.24) is 19.7 Å². The summed E-state index contributed by atoms with van der Waals surface area (Å²) < 4.78 is 19.8. The summed E-state index contributed by atoms with van der Waals surface area (Å²) in [5.74, 6) is 0. The molecule has 8 heteroatoms. The Labute approximate surface area is 160 Å². The first-order valence-corrected chi connectivity index (χ1v) is 9.64. The van der Waals surface area contributed by atoms with Crippen molar-refractivity contribution in [2.75, 3.05) is 6.61 Å². The zero-order chi connectivity index (χ0) is 19.1. The third kappa shape index (κ3) is 3.79. The van der Waals surface area contributed by atoms with E-state index >= 15 is 0 Å². The summed E-state index contributed by atoms with van der Waals surface area (Å²) in [7, 11) is -0.402. The highest BCUT2D eigenvalue weighted by Gasteiger charge is 2.52. The van der Waals surface area contributed by atoms with Crippen LogP contribution in [-0.2, 0) is 20.6 Å². The average molecular weight is 370 g/mol. The predicted octanol–water partition coefficient (Wildman–Crippen LogP) is 2.26. The topological polar surface area (TPSA) is 71.3 Å². The fraction of sp³-hybridized carbons (Fsp3) is 0.632. The molecular weight excluding hydrogens is 343 g/mol. The second-order valence-electron chi connectivity index (χ2n) is 8.35. The molecule has 0 aliphatic carbocycles. The molecule has 2 aromatic rings. The molecule has 2 aliphatic heterocycles. The molecule has 0 spiro atoms. The normalized spacial score (nSPS) is 24.3. The van der Waals surface area contributed by atoms with Crippen molar-refractivity contribution in [2.45, 2.75) is 70.8 Å². The van der Waals surface area contributed by atoms with Crippen molar-refractivity contribution in [1.29, 1.82) is 0 Å². The minimum atomic E-state index is -0.402. The van der Waals surface area contributed by atoms with Gasteiger partial charge in [0.1, 0.15) is 6.10 Å². The van der Waals surface area contributed by atoms with Gasteiger partial charge >= 0.3 is 7.12 Å². The third-order valence-corrected chi connectivity index (χ3v) is 5.74. The van der Waals surface area contributed by atoms with Crippen LogP contribution in [0.2, 0.25) is 0 Å². The second kappa shape index (κ2) is 7.00. The molecule has 7 nitrogen and oxygen atoms in total. The summed E-state index contributed by atoms with van der Waals surface area (Å²) in [6.07, 6.45) is 10.8. The fourth-order valence-electron chi connectivity index (χ4n) is 3.32. The highest BCUT2D eigenvalue weighted by molar-refractivity contribution is 6.61. The van der Waals surface area contributed by atoms with E-state index in [0.717, 1.165) is 36.3 Å². The Morgan fingerprint density at radius 2 is 1.85 bits per heavy atom. The van der Waals surface area contributed by atoms with Crippen LogP contribution in [0.1, 0.15) is 64.4 Å². The van der Waals surface area contributed by atoms with Gasteiger partial charge in [0, 0.05) is 24.5 Å². The van der Waals surface area contributed by atoms with Crippen LogP contribution in [0, 0.1) is 0 Å². The summed E-state index contributed by atoms with van der Waals surface area (Å²) in [6.45, 7) is 9.55. The van der Waals surface area contributed by atoms with E-state index in [9.17, 15) is 0 Å². The lowest BCUT2D eigenvalue weighted by Gasteiger charge is -2.32. The number of aromatic nitrogens is 4. The quantitative estimate of drug-likeness (QED) is 0.769. The summed E-state index contributed by atoms with van der Waals surface area (Å²) >= 11 is 0. The van der Waals surface area contributed by atoms with Gasteiger partial charge in [0.2, 0.25) is 0 Å². The van der Waals surface area contributed by atoms with Gasteiger partial charge in [-0.2, -0.15) is 5.10 Å². The molecule has 4 rings (SSSR count).